The zero-order valence-corrected chi connectivity index (χ0v) is 12.0. The molecule has 0 saturated heterocycles. The molecule has 1 aromatic carbocycles. The molecule has 0 aromatic heterocycles. The minimum absolute atomic E-state index is 0.175. The van der Waals surface area contributed by atoms with Crippen LogP contribution < -0.4 is 4.74 Å². The second-order valence-electron chi connectivity index (χ2n) is 5.00. The molecule has 0 spiro atoms. The van der Waals surface area contributed by atoms with Gasteiger partial charge in [-0.05, 0) is 25.0 Å². The van der Waals surface area contributed by atoms with Crippen LogP contribution in [0.3, 0.4) is 0 Å². The van der Waals surface area contributed by atoms with E-state index < -0.39 is 11.7 Å². The maximum absolute atomic E-state index is 10.4. The molecule has 0 amide bonds. The molecule has 3 nitrogen and oxygen atoms in total. The van der Waals surface area contributed by atoms with Gasteiger partial charge in [-0.1, -0.05) is 51.3 Å². The van der Waals surface area contributed by atoms with Crippen molar-refractivity contribution >= 4 is 0 Å². The third-order valence-corrected chi connectivity index (χ3v) is 3.62. The van der Waals surface area contributed by atoms with Gasteiger partial charge in [0.15, 0.2) is 5.60 Å². The first-order chi connectivity index (χ1) is 9.18. The molecule has 0 aliphatic rings. The monoisotopic (exact) mass is 266 g/mol. The van der Waals surface area contributed by atoms with Crippen molar-refractivity contribution in [3.05, 3.63) is 30.3 Å². The van der Waals surface area contributed by atoms with Crippen LogP contribution in [-0.4, -0.2) is 28.5 Å². The normalized spacial score (nSPS) is 15.8. The Kier molecular flexibility index (Phi) is 6.89. The van der Waals surface area contributed by atoms with Gasteiger partial charge in [-0.15, -0.1) is 0 Å². The van der Waals surface area contributed by atoms with Crippen LogP contribution in [0.15, 0.2) is 30.3 Å². The van der Waals surface area contributed by atoms with Crippen LogP contribution in [0.5, 0.6) is 5.75 Å². The summed E-state index contributed by atoms with van der Waals surface area (Å²) in [5.41, 5.74) is -0.894. The van der Waals surface area contributed by atoms with Crippen LogP contribution >= 0.6 is 0 Å². The van der Waals surface area contributed by atoms with E-state index in [-0.39, 0.29) is 6.61 Å². The highest BCUT2D eigenvalue weighted by molar-refractivity contribution is 5.22. The molecule has 108 valence electrons. The summed E-state index contributed by atoms with van der Waals surface area (Å²) in [6.45, 7) is 3.89. The summed E-state index contributed by atoms with van der Waals surface area (Å²) in [5, 5.41) is 20.0. The summed E-state index contributed by atoms with van der Waals surface area (Å²) in [7, 11) is 0. The molecular formula is C16H26O3. The van der Waals surface area contributed by atoms with Gasteiger partial charge in [-0.25, -0.2) is 0 Å². The van der Waals surface area contributed by atoms with Gasteiger partial charge in [0.05, 0.1) is 12.7 Å². The number of benzene rings is 1. The summed E-state index contributed by atoms with van der Waals surface area (Å²) in [6.07, 6.45) is 3.76. The first-order valence-electron chi connectivity index (χ1n) is 7.21. The molecule has 2 N–H and O–H groups in total. The minimum atomic E-state index is -0.894. The van der Waals surface area contributed by atoms with Crippen molar-refractivity contribution in [1.29, 1.82) is 0 Å². The van der Waals surface area contributed by atoms with Crippen molar-refractivity contribution in [2.24, 2.45) is 0 Å². The highest BCUT2D eigenvalue weighted by Gasteiger charge is 2.37. The Hall–Kier alpha value is -1.06. The zero-order valence-electron chi connectivity index (χ0n) is 12.0. The molecule has 0 saturated carbocycles. The lowest BCUT2D eigenvalue weighted by Crippen LogP contribution is -2.50. The molecule has 3 heteroatoms. The number of ether oxygens (including phenoxy) is 1. The fourth-order valence-electron chi connectivity index (χ4n) is 2.20. The van der Waals surface area contributed by atoms with Crippen LogP contribution in [0, 0.1) is 0 Å². The number of hydrogen-bond acceptors (Lipinski definition) is 3. The smallest absolute Gasteiger partial charge is 0.157 e. The largest absolute Gasteiger partial charge is 0.482 e. The third kappa shape index (κ3) is 4.51. The van der Waals surface area contributed by atoms with Crippen LogP contribution in [0.1, 0.15) is 46.0 Å². The maximum Gasteiger partial charge on any atom is 0.157 e. The van der Waals surface area contributed by atoms with E-state index in [2.05, 4.69) is 6.92 Å². The highest BCUT2D eigenvalue weighted by atomic mass is 16.5. The number of unbranched alkanes of at least 4 members (excludes halogenated alkanes) is 2. The quantitative estimate of drug-likeness (QED) is 0.675. The predicted molar refractivity (Wildman–Crippen MR) is 77.3 cm³/mol. The van der Waals surface area contributed by atoms with Crippen LogP contribution in [0.2, 0.25) is 0 Å². The summed E-state index contributed by atoms with van der Waals surface area (Å²) in [6, 6.07) is 9.38. The van der Waals surface area contributed by atoms with Gasteiger partial charge in [0.2, 0.25) is 0 Å². The van der Waals surface area contributed by atoms with Gasteiger partial charge in [-0.3, -0.25) is 0 Å². The molecule has 0 aliphatic heterocycles. The molecule has 1 rings (SSSR count). The second-order valence-corrected chi connectivity index (χ2v) is 5.00. The van der Waals surface area contributed by atoms with Crippen molar-refractivity contribution in [3.8, 4) is 5.75 Å². The van der Waals surface area contributed by atoms with Gasteiger partial charge in [0.25, 0.3) is 0 Å². The van der Waals surface area contributed by atoms with E-state index in [1.165, 1.54) is 0 Å². The van der Waals surface area contributed by atoms with E-state index >= 15 is 0 Å². The van der Waals surface area contributed by atoms with Crippen molar-refractivity contribution in [3.63, 3.8) is 0 Å². The van der Waals surface area contributed by atoms with Gasteiger partial charge in [-0.2, -0.15) is 0 Å². The second kappa shape index (κ2) is 8.18. The first kappa shape index (κ1) is 16.0. The fourth-order valence-corrected chi connectivity index (χ4v) is 2.20. The standard InChI is InChI=1S/C16H26O3/c1-3-5-7-12-15(18)16(4-2,13-17)19-14-10-8-6-9-11-14/h6,8-11,15,17-18H,3-5,7,12-13H2,1-2H3. The number of aliphatic hydroxyl groups excluding tert-OH is 2. The number of aliphatic hydroxyl groups is 2. The average molecular weight is 266 g/mol. The van der Waals surface area contributed by atoms with E-state index in [1.807, 2.05) is 37.3 Å². The van der Waals surface area contributed by atoms with Gasteiger partial charge in [0, 0.05) is 0 Å². The minimum Gasteiger partial charge on any atom is -0.482 e. The molecular weight excluding hydrogens is 240 g/mol. The Bertz CT molecular complexity index is 333. The van der Waals surface area contributed by atoms with Crippen LogP contribution in [0.25, 0.3) is 0 Å². The molecule has 2 atom stereocenters. The van der Waals surface area contributed by atoms with Gasteiger partial charge < -0.3 is 14.9 Å². The summed E-state index contributed by atoms with van der Waals surface area (Å²) in [5.74, 6) is 0.688. The Morgan fingerprint density at radius 2 is 1.84 bits per heavy atom. The number of hydrogen-bond donors (Lipinski definition) is 2. The highest BCUT2D eigenvalue weighted by Crippen LogP contribution is 2.27. The Morgan fingerprint density at radius 3 is 2.37 bits per heavy atom. The molecule has 0 radical (unpaired) electrons. The molecule has 2 unspecified atom stereocenters. The Labute approximate surface area is 116 Å². The molecule has 1 aromatic rings. The van der Waals surface area contributed by atoms with E-state index in [1.54, 1.807) is 0 Å². The van der Waals surface area contributed by atoms with E-state index in [9.17, 15) is 10.2 Å². The average Bonchev–Trinajstić information content (AvgIpc) is 2.46. The topological polar surface area (TPSA) is 49.7 Å². The van der Waals surface area contributed by atoms with Gasteiger partial charge in [0.1, 0.15) is 5.75 Å². The maximum atomic E-state index is 10.4. The van der Waals surface area contributed by atoms with Crippen molar-refractivity contribution in [2.45, 2.75) is 57.7 Å². The van der Waals surface area contributed by atoms with Crippen molar-refractivity contribution in [1.82, 2.24) is 0 Å². The first-order valence-corrected chi connectivity index (χ1v) is 7.21. The predicted octanol–water partition coefficient (Wildman–Crippen LogP) is 3.15. The molecule has 0 heterocycles. The molecule has 19 heavy (non-hydrogen) atoms. The lowest BCUT2D eigenvalue weighted by molar-refractivity contribution is -0.0915. The van der Waals surface area contributed by atoms with Gasteiger partial charge >= 0.3 is 0 Å². The number of para-hydroxylation sites is 1. The van der Waals surface area contributed by atoms with Crippen molar-refractivity contribution < 1.29 is 14.9 Å². The lowest BCUT2D eigenvalue weighted by Gasteiger charge is -2.36. The SMILES string of the molecule is CCCCCC(O)C(CC)(CO)Oc1ccccc1. The third-order valence-electron chi connectivity index (χ3n) is 3.62. The molecule has 0 bridgehead atoms. The van der Waals surface area contributed by atoms with E-state index in [4.69, 9.17) is 4.74 Å². The Morgan fingerprint density at radius 1 is 1.16 bits per heavy atom. The zero-order chi connectivity index (χ0) is 14.1. The van der Waals surface area contributed by atoms with E-state index in [0.29, 0.717) is 18.6 Å². The molecule has 0 aliphatic carbocycles. The van der Waals surface area contributed by atoms with Crippen LogP contribution in [-0.2, 0) is 0 Å². The van der Waals surface area contributed by atoms with Crippen LogP contribution in [0.4, 0.5) is 0 Å². The summed E-state index contributed by atoms with van der Waals surface area (Å²) < 4.78 is 5.89. The van der Waals surface area contributed by atoms with Crippen molar-refractivity contribution in [2.75, 3.05) is 6.61 Å². The fraction of sp³-hybridized carbons (Fsp3) is 0.625. The summed E-state index contributed by atoms with van der Waals surface area (Å²) >= 11 is 0. The summed E-state index contributed by atoms with van der Waals surface area (Å²) in [4.78, 5) is 0. The number of rotatable bonds is 9. The lowest BCUT2D eigenvalue weighted by atomic mass is 9.90. The van der Waals surface area contributed by atoms with E-state index in [0.717, 1.165) is 19.3 Å². The Balaban J connectivity index is 2.72. The molecule has 0 fully saturated rings.